The van der Waals surface area contributed by atoms with Crippen LogP contribution in [-0.4, -0.2) is 24.2 Å². The largest absolute Gasteiger partial charge is 0.481 e. The van der Waals surface area contributed by atoms with Gasteiger partial charge in [-0.2, -0.15) is 0 Å². The molecule has 1 fully saturated rings. The lowest BCUT2D eigenvalue weighted by Gasteiger charge is -2.25. The van der Waals surface area contributed by atoms with Crippen LogP contribution in [0.3, 0.4) is 0 Å². The third kappa shape index (κ3) is 3.25. The van der Waals surface area contributed by atoms with E-state index in [-0.39, 0.29) is 6.42 Å². The Bertz CT molecular complexity index is 421. The lowest BCUT2D eigenvalue weighted by Crippen LogP contribution is -2.25. The summed E-state index contributed by atoms with van der Waals surface area (Å²) in [6, 6.07) is 6.17. The van der Waals surface area contributed by atoms with Gasteiger partial charge in [0.05, 0.1) is 6.42 Å². The molecule has 0 unspecified atom stereocenters. The van der Waals surface area contributed by atoms with E-state index < -0.39 is 5.97 Å². The molecule has 0 spiro atoms. The maximum absolute atomic E-state index is 11.0. The molecule has 0 amide bonds. The first-order valence-corrected chi connectivity index (χ1v) is 6.73. The van der Waals surface area contributed by atoms with Crippen LogP contribution in [0.2, 0.25) is 0 Å². The van der Waals surface area contributed by atoms with Crippen molar-refractivity contribution in [3.63, 3.8) is 0 Å². The van der Waals surface area contributed by atoms with Crippen LogP contribution in [0.1, 0.15) is 36.8 Å². The SMILES string of the molecule is Cc1ccc(N2CCCCCC2)c(CC(=O)O)c1. The number of rotatable bonds is 3. The highest BCUT2D eigenvalue weighted by molar-refractivity contribution is 5.74. The fraction of sp³-hybridized carbons (Fsp3) is 0.533. The first-order valence-electron chi connectivity index (χ1n) is 6.73. The Hall–Kier alpha value is -1.51. The van der Waals surface area contributed by atoms with Crippen molar-refractivity contribution in [2.75, 3.05) is 18.0 Å². The number of nitrogens with zero attached hydrogens (tertiary/aromatic N) is 1. The predicted octanol–water partition coefficient (Wildman–Crippen LogP) is 3.00. The number of carbonyl (C=O) groups is 1. The van der Waals surface area contributed by atoms with Crippen molar-refractivity contribution >= 4 is 11.7 Å². The predicted molar refractivity (Wildman–Crippen MR) is 73.2 cm³/mol. The van der Waals surface area contributed by atoms with Gasteiger partial charge in [0.25, 0.3) is 0 Å². The topological polar surface area (TPSA) is 40.5 Å². The molecule has 1 heterocycles. The van der Waals surface area contributed by atoms with Crippen molar-refractivity contribution in [3.05, 3.63) is 29.3 Å². The highest BCUT2D eigenvalue weighted by Gasteiger charge is 2.15. The van der Waals surface area contributed by atoms with Crippen LogP contribution < -0.4 is 4.90 Å². The Morgan fingerprint density at radius 3 is 2.50 bits per heavy atom. The molecule has 0 atom stereocenters. The smallest absolute Gasteiger partial charge is 0.307 e. The fourth-order valence-corrected chi connectivity index (χ4v) is 2.64. The molecule has 3 nitrogen and oxygen atoms in total. The van der Waals surface area contributed by atoms with Gasteiger partial charge in [-0.05, 0) is 31.4 Å². The van der Waals surface area contributed by atoms with Crippen LogP contribution in [0.15, 0.2) is 18.2 Å². The highest BCUT2D eigenvalue weighted by Crippen LogP contribution is 2.25. The van der Waals surface area contributed by atoms with E-state index in [2.05, 4.69) is 17.0 Å². The fourth-order valence-electron chi connectivity index (χ4n) is 2.64. The number of aliphatic carboxylic acids is 1. The van der Waals surface area contributed by atoms with Crippen molar-refractivity contribution in [1.82, 2.24) is 0 Å². The Morgan fingerprint density at radius 1 is 1.22 bits per heavy atom. The van der Waals surface area contributed by atoms with E-state index in [4.69, 9.17) is 5.11 Å². The molecule has 1 saturated heterocycles. The van der Waals surface area contributed by atoms with Gasteiger partial charge in [0.2, 0.25) is 0 Å². The van der Waals surface area contributed by atoms with Gasteiger partial charge in [0, 0.05) is 18.8 Å². The quantitative estimate of drug-likeness (QED) is 0.892. The molecular formula is C15H21NO2. The number of hydrogen-bond acceptors (Lipinski definition) is 2. The summed E-state index contributed by atoms with van der Waals surface area (Å²) < 4.78 is 0. The van der Waals surface area contributed by atoms with E-state index in [9.17, 15) is 4.79 Å². The third-order valence-electron chi connectivity index (χ3n) is 3.52. The van der Waals surface area contributed by atoms with Crippen molar-refractivity contribution in [2.24, 2.45) is 0 Å². The minimum atomic E-state index is -0.753. The first-order chi connectivity index (χ1) is 8.66. The molecule has 0 aromatic heterocycles. The number of anilines is 1. The minimum absolute atomic E-state index is 0.119. The van der Waals surface area contributed by atoms with E-state index in [1.807, 2.05) is 13.0 Å². The van der Waals surface area contributed by atoms with Gasteiger partial charge in [-0.1, -0.05) is 30.5 Å². The monoisotopic (exact) mass is 247 g/mol. The van der Waals surface area contributed by atoms with Gasteiger partial charge in [-0.3, -0.25) is 4.79 Å². The normalized spacial score (nSPS) is 16.4. The van der Waals surface area contributed by atoms with Crippen LogP contribution in [-0.2, 0) is 11.2 Å². The summed E-state index contributed by atoms with van der Waals surface area (Å²) >= 11 is 0. The van der Waals surface area contributed by atoms with E-state index in [1.54, 1.807) is 0 Å². The third-order valence-corrected chi connectivity index (χ3v) is 3.52. The summed E-state index contributed by atoms with van der Waals surface area (Å²) in [7, 11) is 0. The Morgan fingerprint density at radius 2 is 1.89 bits per heavy atom. The summed E-state index contributed by atoms with van der Waals surface area (Å²) in [4.78, 5) is 13.3. The van der Waals surface area contributed by atoms with Gasteiger partial charge in [-0.25, -0.2) is 0 Å². The average Bonchev–Trinajstić information content (AvgIpc) is 2.57. The second-order valence-corrected chi connectivity index (χ2v) is 5.10. The molecule has 1 aromatic carbocycles. The van der Waals surface area contributed by atoms with Crippen LogP contribution in [0, 0.1) is 6.92 Å². The Kier molecular flexibility index (Phi) is 4.24. The summed E-state index contributed by atoms with van der Waals surface area (Å²) in [5, 5.41) is 9.02. The molecular weight excluding hydrogens is 226 g/mol. The van der Waals surface area contributed by atoms with Crippen LogP contribution in [0.4, 0.5) is 5.69 Å². The van der Waals surface area contributed by atoms with E-state index in [0.29, 0.717) is 0 Å². The zero-order valence-corrected chi connectivity index (χ0v) is 11.0. The Balaban J connectivity index is 2.26. The molecule has 2 rings (SSSR count). The molecule has 0 bridgehead atoms. The van der Waals surface area contributed by atoms with E-state index in [1.165, 1.54) is 25.7 Å². The second-order valence-electron chi connectivity index (χ2n) is 5.10. The lowest BCUT2D eigenvalue weighted by atomic mass is 10.1. The molecule has 18 heavy (non-hydrogen) atoms. The van der Waals surface area contributed by atoms with Crippen molar-refractivity contribution < 1.29 is 9.90 Å². The number of benzene rings is 1. The molecule has 1 N–H and O–H groups in total. The minimum Gasteiger partial charge on any atom is -0.481 e. The molecule has 3 heteroatoms. The number of aryl methyl sites for hydroxylation is 1. The van der Waals surface area contributed by atoms with Crippen LogP contribution in [0.5, 0.6) is 0 Å². The first kappa shape index (κ1) is 12.9. The molecule has 1 aliphatic rings. The van der Waals surface area contributed by atoms with E-state index >= 15 is 0 Å². The van der Waals surface area contributed by atoms with Crippen molar-refractivity contribution in [1.29, 1.82) is 0 Å². The van der Waals surface area contributed by atoms with Gasteiger partial charge >= 0.3 is 5.97 Å². The summed E-state index contributed by atoms with van der Waals surface area (Å²) in [5.74, 6) is -0.753. The zero-order chi connectivity index (χ0) is 13.0. The maximum atomic E-state index is 11.0. The van der Waals surface area contributed by atoms with E-state index in [0.717, 1.165) is 29.9 Å². The molecule has 98 valence electrons. The summed E-state index contributed by atoms with van der Waals surface area (Å²) in [6.07, 6.45) is 5.11. The summed E-state index contributed by atoms with van der Waals surface area (Å²) in [6.45, 7) is 4.11. The van der Waals surface area contributed by atoms with Crippen molar-refractivity contribution in [3.8, 4) is 0 Å². The van der Waals surface area contributed by atoms with Crippen LogP contribution >= 0.6 is 0 Å². The summed E-state index contributed by atoms with van der Waals surface area (Å²) in [5.41, 5.74) is 3.19. The highest BCUT2D eigenvalue weighted by atomic mass is 16.4. The lowest BCUT2D eigenvalue weighted by molar-refractivity contribution is -0.136. The number of carboxylic acids is 1. The van der Waals surface area contributed by atoms with Gasteiger partial charge in [0.1, 0.15) is 0 Å². The Labute approximate surface area is 108 Å². The standard InChI is InChI=1S/C15H21NO2/c1-12-6-7-14(13(10-12)11-15(17)18)16-8-4-2-3-5-9-16/h6-7,10H,2-5,8-9,11H2,1H3,(H,17,18). The number of carboxylic acid groups (broad SMARTS) is 1. The number of hydrogen-bond donors (Lipinski definition) is 1. The van der Waals surface area contributed by atoms with Gasteiger partial charge < -0.3 is 10.0 Å². The van der Waals surface area contributed by atoms with Gasteiger partial charge in [-0.15, -0.1) is 0 Å². The average molecular weight is 247 g/mol. The zero-order valence-electron chi connectivity index (χ0n) is 11.0. The molecule has 1 aromatic rings. The second kappa shape index (κ2) is 5.89. The molecule has 1 aliphatic heterocycles. The maximum Gasteiger partial charge on any atom is 0.307 e. The molecule has 0 aliphatic carbocycles. The molecule has 0 radical (unpaired) electrons. The van der Waals surface area contributed by atoms with Crippen molar-refractivity contribution in [2.45, 2.75) is 39.0 Å². The van der Waals surface area contributed by atoms with Crippen LogP contribution in [0.25, 0.3) is 0 Å². The molecule has 0 saturated carbocycles. The van der Waals surface area contributed by atoms with Gasteiger partial charge in [0.15, 0.2) is 0 Å².